The number of aromatic nitrogens is 4. The van der Waals surface area contributed by atoms with Crippen molar-refractivity contribution in [2.45, 2.75) is 19.1 Å². The molecule has 3 heterocycles. The van der Waals surface area contributed by atoms with Crippen molar-refractivity contribution < 1.29 is 22.4 Å². The number of H-pyrrole nitrogens is 1. The zero-order valence-corrected chi connectivity index (χ0v) is 15.0. The average molecular weight is 417 g/mol. The van der Waals surface area contributed by atoms with E-state index in [1.54, 1.807) is 17.6 Å². The van der Waals surface area contributed by atoms with Crippen LogP contribution in [0.4, 0.5) is 23.4 Å². The molecule has 0 bridgehead atoms. The quantitative estimate of drug-likeness (QED) is 0.555. The van der Waals surface area contributed by atoms with E-state index in [0.29, 0.717) is 21.6 Å². The number of alkyl halides is 3. The Morgan fingerprint density at radius 2 is 2.07 bits per heavy atom. The lowest BCUT2D eigenvalue weighted by atomic mass is 10.2. The van der Waals surface area contributed by atoms with Crippen molar-refractivity contribution in [3.63, 3.8) is 0 Å². The topological polar surface area (TPSA) is 95.6 Å². The molecule has 7 nitrogen and oxygen atoms in total. The van der Waals surface area contributed by atoms with Crippen LogP contribution in [0.1, 0.15) is 6.92 Å². The molecule has 1 unspecified atom stereocenters. The van der Waals surface area contributed by atoms with Gasteiger partial charge in [-0.2, -0.15) is 13.2 Å². The summed E-state index contributed by atoms with van der Waals surface area (Å²) in [5.41, 5.74) is 1.00. The van der Waals surface area contributed by atoms with Gasteiger partial charge in [-0.3, -0.25) is 4.79 Å². The van der Waals surface area contributed by atoms with Gasteiger partial charge in [0.1, 0.15) is 18.2 Å². The average Bonchev–Trinajstić information content (AvgIpc) is 3.03. The summed E-state index contributed by atoms with van der Waals surface area (Å²) in [7, 11) is 0. The molecule has 3 N–H and O–H groups in total. The lowest BCUT2D eigenvalue weighted by Gasteiger charge is -2.16. The Kier molecular flexibility index (Phi) is 5.36. The third kappa shape index (κ3) is 4.47. The molecule has 148 valence electrons. The van der Waals surface area contributed by atoms with Gasteiger partial charge in [0, 0.05) is 23.3 Å². The lowest BCUT2D eigenvalue weighted by Crippen LogP contribution is -2.42. The van der Waals surface area contributed by atoms with Gasteiger partial charge in [-0.05, 0) is 13.0 Å². The van der Waals surface area contributed by atoms with E-state index in [-0.39, 0.29) is 11.6 Å². The van der Waals surface area contributed by atoms with E-state index in [4.69, 9.17) is 11.6 Å². The predicted molar refractivity (Wildman–Crippen MR) is 94.2 cm³/mol. The Bertz CT molecular complexity index is 1020. The molecule has 0 saturated carbocycles. The highest BCUT2D eigenvalue weighted by atomic mass is 35.5. The van der Waals surface area contributed by atoms with E-state index in [9.17, 15) is 22.4 Å². The van der Waals surface area contributed by atoms with Crippen molar-refractivity contribution in [2.75, 3.05) is 11.9 Å². The Morgan fingerprint density at radius 3 is 2.79 bits per heavy atom. The van der Waals surface area contributed by atoms with E-state index in [2.05, 4.69) is 25.3 Å². The monoisotopic (exact) mass is 416 g/mol. The van der Waals surface area contributed by atoms with Crippen LogP contribution in [0.3, 0.4) is 0 Å². The Labute approximate surface area is 160 Å². The number of hydrogen-bond donors (Lipinski definition) is 3. The van der Waals surface area contributed by atoms with Crippen LogP contribution in [0.25, 0.3) is 22.4 Å². The van der Waals surface area contributed by atoms with Gasteiger partial charge in [0.25, 0.3) is 0 Å². The number of nitrogens with one attached hydrogen (secondary N) is 3. The van der Waals surface area contributed by atoms with Crippen LogP contribution < -0.4 is 10.6 Å². The molecule has 12 heteroatoms. The first-order chi connectivity index (χ1) is 13.1. The van der Waals surface area contributed by atoms with E-state index in [1.165, 1.54) is 13.1 Å². The Hall–Kier alpha value is -2.95. The molecule has 0 radical (unpaired) electrons. The van der Waals surface area contributed by atoms with Gasteiger partial charge in [-0.1, -0.05) is 11.6 Å². The zero-order valence-electron chi connectivity index (χ0n) is 14.2. The molecular weight excluding hydrogens is 404 g/mol. The number of anilines is 1. The fraction of sp³-hybridized carbons (Fsp3) is 0.250. The maximum absolute atomic E-state index is 14.0. The SMILES string of the molecule is CC(Nc1nc(-c2c[nH]c3ncc(Cl)cc23)ncc1F)C(=O)NCC(F)(F)F. The van der Waals surface area contributed by atoms with Crippen molar-refractivity contribution in [1.82, 2.24) is 25.3 Å². The van der Waals surface area contributed by atoms with Crippen LogP contribution in [0, 0.1) is 5.82 Å². The molecule has 0 aliphatic rings. The number of carbonyl (C=O) groups excluding carboxylic acids is 1. The van der Waals surface area contributed by atoms with Crippen LogP contribution >= 0.6 is 11.6 Å². The van der Waals surface area contributed by atoms with Crippen LogP contribution in [0.5, 0.6) is 0 Å². The van der Waals surface area contributed by atoms with Crippen LogP contribution in [-0.2, 0) is 4.79 Å². The normalized spacial score (nSPS) is 12.8. The standard InChI is InChI=1S/C16H13ClF4N6O/c1-7(15(28)25-6-16(19,20)21)26-14-11(18)5-24-13(27-14)10-4-23-12-9(10)2-8(17)3-22-12/h2-5,7H,6H2,1H3,(H,22,23)(H,25,28)(H,24,26,27). The van der Waals surface area contributed by atoms with Crippen LogP contribution in [0.15, 0.2) is 24.7 Å². The van der Waals surface area contributed by atoms with E-state index >= 15 is 0 Å². The van der Waals surface area contributed by atoms with E-state index < -0.39 is 30.5 Å². The minimum Gasteiger partial charge on any atom is -0.356 e. The molecule has 3 aromatic heterocycles. The number of carbonyl (C=O) groups is 1. The maximum atomic E-state index is 14.0. The van der Waals surface area contributed by atoms with Gasteiger partial charge in [-0.25, -0.2) is 19.3 Å². The van der Waals surface area contributed by atoms with Crippen molar-refractivity contribution >= 4 is 34.4 Å². The van der Waals surface area contributed by atoms with Crippen molar-refractivity contribution in [3.05, 3.63) is 35.5 Å². The number of nitrogens with zero attached hydrogens (tertiary/aromatic N) is 3. The number of rotatable bonds is 5. The van der Waals surface area contributed by atoms with Gasteiger partial charge in [0.2, 0.25) is 5.91 Å². The summed E-state index contributed by atoms with van der Waals surface area (Å²) in [4.78, 5) is 26.7. The molecule has 3 rings (SSSR count). The molecule has 0 saturated heterocycles. The summed E-state index contributed by atoms with van der Waals surface area (Å²) in [6.07, 6.45) is -0.649. The highest BCUT2D eigenvalue weighted by molar-refractivity contribution is 6.31. The van der Waals surface area contributed by atoms with Gasteiger partial charge < -0.3 is 15.6 Å². The minimum absolute atomic E-state index is 0.113. The number of pyridine rings is 1. The summed E-state index contributed by atoms with van der Waals surface area (Å²) in [5, 5.41) is 5.14. The third-order valence-electron chi connectivity index (χ3n) is 3.69. The summed E-state index contributed by atoms with van der Waals surface area (Å²) < 4.78 is 50.7. The molecule has 0 aromatic carbocycles. The third-order valence-corrected chi connectivity index (χ3v) is 3.90. The fourth-order valence-corrected chi connectivity index (χ4v) is 2.53. The van der Waals surface area contributed by atoms with Crippen molar-refractivity contribution in [3.8, 4) is 11.4 Å². The second-order valence-corrected chi connectivity index (χ2v) is 6.28. The number of fused-ring (bicyclic) bond motifs is 1. The van der Waals surface area contributed by atoms with E-state index in [1.807, 2.05) is 0 Å². The summed E-state index contributed by atoms with van der Waals surface area (Å²) in [6.45, 7) is -0.208. The maximum Gasteiger partial charge on any atom is 0.405 e. The fourth-order valence-electron chi connectivity index (χ4n) is 2.37. The number of aromatic amines is 1. The second kappa shape index (κ2) is 7.58. The second-order valence-electron chi connectivity index (χ2n) is 5.84. The Morgan fingerprint density at radius 1 is 1.32 bits per heavy atom. The molecular formula is C16H13ClF4N6O. The number of halogens is 5. The molecule has 1 atom stereocenters. The highest BCUT2D eigenvalue weighted by Crippen LogP contribution is 2.28. The summed E-state index contributed by atoms with van der Waals surface area (Å²) >= 11 is 5.94. The molecule has 3 aromatic rings. The number of amides is 1. The number of hydrogen-bond acceptors (Lipinski definition) is 5. The van der Waals surface area contributed by atoms with Crippen LogP contribution in [0.2, 0.25) is 5.02 Å². The first-order valence-corrected chi connectivity index (χ1v) is 8.28. The molecule has 0 fully saturated rings. The summed E-state index contributed by atoms with van der Waals surface area (Å²) in [5.74, 6) is -2.04. The first kappa shape index (κ1) is 19.8. The highest BCUT2D eigenvalue weighted by Gasteiger charge is 2.29. The van der Waals surface area contributed by atoms with Gasteiger partial charge in [0.05, 0.1) is 11.2 Å². The van der Waals surface area contributed by atoms with E-state index in [0.717, 1.165) is 6.20 Å². The largest absolute Gasteiger partial charge is 0.405 e. The lowest BCUT2D eigenvalue weighted by molar-refractivity contribution is -0.138. The van der Waals surface area contributed by atoms with Gasteiger partial charge in [-0.15, -0.1) is 0 Å². The van der Waals surface area contributed by atoms with Gasteiger partial charge in [0.15, 0.2) is 17.5 Å². The summed E-state index contributed by atoms with van der Waals surface area (Å²) in [6, 6.07) is 0.460. The Balaban J connectivity index is 1.83. The first-order valence-electron chi connectivity index (χ1n) is 7.90. The van der Waals surface area contributed by atoms with Crippen molar-refractivity contribution in [1.29, 1.82) is 0 Å². The minimum atomic E-state index is -4.55. The molecule has 1 amide bonds. The predicted octanol–water partition coefficient (Wildman–Crippen LogP) is 3.29. The smallest absolute Gasteiger partial charge is 0.356 e. The van der Waals surface area contributed by atoms with Crippen molar-refractivity contribution in [2.24, 2.45) is 0 Å². The molecule has 0 aliphatic heterocycles. The molecule has 0 aliphatic carbocycles. The molecule has 0 spiro atoms. The van der Waals surface area contributed by atoms with Gasteiger partial charge >= 0.3 is 6.18 Å². The molecule has 28 heavy (non-hydrogen) atoms. The zero-order chi connectivity index (χ0) is 20.5. The van der Waals surface area contributed by atoms with Crippen LogP contribution in [-0.4, -0.2) is 44.6 Å².